The van der Waals surface area contributed by atoms with Crippen molar-refractivity contribution in [2.24, 2.45) is 0 Å². The highest BCUT2D eigenvalue weighted by molar-refractivity contribution is 4.97. The molecule has 0 amide bonds. The average Bonchev–Trinajstić information content (AvgIpc) is 2.86. The van der Waals surface area contributed by atoms with E-state index in [-0.39, 0.29) is 5.89 Å². The molecule has 0 aromatic carbocycles. The zero-order chi connectivity index (χ0) is 15.3. The molecule has 116 valence electrons. The van der Waals surface area contributed by atoms with Crippen LogP contribution in [0, 0.1) is 0 Å². The number of aliphatic hydroxyl groups is 1. The minimum absolute atomic E-state index is 0.190. The van der Waals surface area contributed by atoms with Gasteiger partial charge in [0.2, 0.25) is 5.89 Å². The average molecular weight is 295 g/mol. The van der Waals surface area contributed by atoms with Crippen molar-refractivity contribution in [1.82, 2.24) is 15.0 Å². The van der Waals surface area contributed by atoms with E-state index in [1.54, 1.807) is 0 Å². The van der Waals surface area contributed by atoms with Gasteiger partial charge in [-0.1, -0.05) is 25.9 Å². The first-order valence-electron chi connectivity index (χ1n) is 6.59. The molecule has 0 spiro atoms. The Morgan fingerprint density at radius 1 is 1.30 bits per heavy atom. The number of likely N-dealkylation sites (N-methyl/N-ethyl adjacent to an activating group) is 1. The zero-order valence-electron chi connectivity index (χ0n) is 11.8. The lowest BCUT2D eigenvalue weighted by molar-refractivity contribution is -0.210. The molecule has 1 aromatic rings. The maximum atomic E-state index is 12.4. The number of hydrogen-bond donors (Lipinski definition) is 1. The van der Waals surface area contributed by atoms with E-state index in [9.17, 15) is 13.2 Å². The van der Waals surface area contributed by atoms with Crippen LogP contribution < -0.4 is 0 Å². The number of hydrogen-bond acceptors (Lipinski definition) is 5. The summed E-state index contributed by atoms with van der Waals surface area (Å²) in [6, 6.07) is 0. The summed E-state index contributed by atoms with van der Waals surface area (Å²) < 4.78 is 42.0. The van der Waals surface area contributed by atoms with Gasteiger partial charge in [0, 0.05) is 13.0 Å². The summed E-state index contributed by atoms with van der Waals surface area (Å²) in [4.78, 5) is 6.06. The molecule has 2 unspecified atom stereocenters. The van der Waals surface area contributed by atoms with Crippen molar-refractivity contribution in [2.75, 3.05) is 19.6 Å². The third-order valence-electron chi connectivity index (χ3n) is 3.23. The van der Waals surface area contributed by atoms with E-state index < -0.39 is 18.2 Å². The standard InChI is InChI=1S/C12H20F3N3O2/c1-4-18(5-2)7-6-9-16-11(20-17-9)8(3)10(19)12(13,14)15/h8,10,19H,4-7H2,1-3H3. The Morgan fingerprint density at radius 2 is 1.90 bits per heavy atom. The molecule has 0 bridgehead atoms. The van der Waals surface area contributed by atoms with Crippen LogP contribution in [-0.2, 0) is 6.42 Å². The van der Waals surface area contributed by atoms with Crippen LogP contribution in [0.4, 0.5) is 13.2 Å². The number of halogens is 3. The van der Waals surface area contributed by atoms with Crippen molar-refractivity contribution in [3.63, 3.8) is 0 Å². The number of rotatable bonds is 7. The van der Waals surface area contributed by atoms with E-state index in [0.29, 0.717) is 18.8 Å². The van der Waals surface area contributed by atoms with Gasteiger partial charge in [-0.15, -0.1) is 0 Å². The van der Waals surface area contributed by atoms with E-state index in [1.165, 1.54) is 6.92 Å². The molecule has 0 aliphatic rings. The van der Waals surface area contributed by atoms with Gasteiger partial charge in [0.15, 0.2) is 11.9 Å². The van der Waals surface area contributed by atoms with Crippen molar-refractivity contribution in [1.29, 1.82) is 0 Å². The van der Waals surface area contributed by atoms with E-state index in [4.69, 9.17) is 9.63 Å². The fraction of sp³-hybridized carbons (Fsp3) is 0.833. The van der Waals surface area contributed by atoms with Gasteiger partial charge >= 0.3 is 6.18 Å². The van der Waals surface area contributed by atoms with E-state index in [2.05, 4.69) is 15.0 Å². The van der Waals surface area contributed by atoms with Gasteiger partial charge in [-0.25, -0.2) is 0 Å². The second kappa shape index (κ2) is 7.03. The first-order chi connectivity index (χ1) is 9.29. The molecule has 0 aliphatic carbocycles. The molecule has 0 radical (unpaired) electrons. The Morgan fingerprint density at radius 3 is 2.40 bits per heavy atom. The lowest BCUT2D eigenvalue weighted by atomic mass is 10.1. The van der Waals surface area contributed by atoms with Gasteiger partial charge in [0.1, 0.15) is 0 Å². The highest BCUT2D eigenvalue weighted by Crippen LogP contribution is 2.30. The minimum atomic E-state index is -4.70. The highest BCUT2D eigenvalue weighted by Gasteiger charge is 2.44. The van der Waals surface area contributed by atoms with Gasteiger partial charge in [0.25, 0.3) is 0 Å². The van der Waals surface area contributed by atoms with Crippen molar-refractivity contribution >= 4 is 0 Å². The van der Waals surface area contributed by atoms with Gasteiger partial charge in [0.05, 0.1) is 5.92 Å². The van der Waals surface area contributed by atoms with Crippen LogP contribution >= 0.6 is 0 Å². The predicted molar refractivity (Wildman–Crippen MR) is 66.3 cm³/mol. The van der Waals surface area contributed by atoms with E-state index >= 15 is 0 Å². The van der Waals surface area contributed by atoms with Crippen LogP contribution in [0.2, 0.25) is 0 Å². The summed E-state index contributed by atoms with van der Waals surface area (Å²) in [5, 5.41) is 12.8. The summed E-state index contributed by atoms with van der Waals surface area (Å²) in [7, 11) is 0. The molecular weight excluding hydrogens is 275 g/mol. The third kappa shape index (κ3) is 4.45. The van der Waals surface area contributed by atoms with Crippen LogP contribution in [0.25, 0.3) is 0 Å². The summed E-state index contributed by atoms with van der Waals surface area (Å²) in [6.45, 7) is 7.72. The van der Waals surface area contributed by atoms with Gasteiger partial charge in [-0.2, -0.15) is 18.2 Å². The summed E-state index contributed by atoms with van der Waals surface area (Å²) >= 11 is 0. The fourth-order valence-corrected chi connectivity index (χ4v) is 1.77. The zero-order valence-corrected chi connectivity index (χ0v) is 11.8. The normalized spacial score (nSPS) is 15.6. The molecule has 2 atom stereocenters. The third-order valence-corrected chi connectivity index (χ3v) is 3.23. The molecule has 1 heterocycles. The molecule has 1 aromatic heterocycles. The summed E-state index contributed by atoms with van der Waals surface area (Å²) in [6.07, 6.45) is -6.70. The van der Waals surface area contributed by atoms with Crippen molar-refractivity contribution in [3.8, 4) is 0 Å². The predicted octanol–water partition coefficient (Wildman–Crippen LogP) is 1.98. The van der Waals surface area contributed by atoms with Crippen LogP contribution in [0.5, 0.6) is 0 Å². The van der Waals surface area contributed by atoms with Crippen molar-refractivity contribution in [3.05, 3.63) is 11.7 Å². The molecular formula is C12H20F3N3O2. The molecule has 0 saturated heterocycles. The maximum Gasteiger partial charge on any atom is 0.415 e. The second-order valence-corrected chi connectivity index (χ2v) is 4.60. The highest BCUT2D eigenvalue weighted by atomic mass is 19.4. The topological polar surface area (TPSA) is 62.4 Å². The minimum Gasteiger partial charge on any atom is -0.383 e. The van der Waals surface area contributed by atoms with E-state index in [0.717, 1.165) is 13.1 Å². The van der Waals surface area contributed by atoms with Crippen LogP contribution in [-0.4, -0.2) is 52.1 Å². The maximum absolute atomic E-state index is 12.4. The molecule has 0 saturated carbocycles. The van der Waals surface area contributed by atoms with E-state index in [1.807, 2.05) is 13.8 Å². The largest absolute Gasteiger partial charge is 0.415 e. The van der Waals surface area contributed by atoms with Gasteiger partial charge < -0.3 is 14.5 Å². The smallest absolute Gasteiger partial charge is 0.383 e. The molecule has 5 nitrogen and oxygen atoms in total. The summed E-state index contributed by atoms with van der Waals surface area (Å²) in [5.74, 6) is -1.11. The lowest BCUT2D eigenvalue weighted by Crippen LogP contribution is -2.33. The molecule has 1 N–H and O–H groups in total. The Bertz CT molecular complexity index is 405. The molecule has 8 heteroatoms. The molecule has 20 heavy (non-hydrogen) atoms. The number of nitrogens with zero attached hydrogens (tertiary/aromatic N) is 3. The Hall–Kier alpha value is -1.15. The first-order valence-corrected chi connectivity index (χ1v) is 6.59. The van der Waals surface area contributed by atoms with Crippen LogP contribution in [0.15, 0.2) is 4.52 Å². The Balaban J connectivity index is 2.63. The molecule has 1 rings (SSSR count). The quantitative estimate of drug-likeness (QED) is 0.833. The van der Waals surface area contributed by atoms with Crippen LogP contribution in [0.1, 0.15) is 38.4 Å². The number of alkyl halides is 3. The molecule has 0 aliphatic heterocycles. The number of aromatic nitrogens is 2. The summed E-state index contributed by atoms with van der Waals surface area (Å²) in [5.41, 5.74) is 0. The molecule has 0 fully saturated rings. The fourth-order valence-electron chi connectivity index (χ4n) is 1.77. The first kappa shape index (κ1) is 16.9. The SMILES string of the molecule is CCN(CC)CCc1noc(C(C)C(O)C(F)(F)F)n1. The van der Waals surface area contributed by atoms with Crippen molar-refractivity contribution < 1.29 is 22.8 Å². The monoisotopic (exact) mass is 295 g/mol. The second-order valence-electron chi connectivity index (χ2n) is 4.60. The van der Waals surface area contributed by atoms with Crippen LogP contribution in [0.3, 0.4) is 0 Å². The lowest BCUT2D eigenvalue weighted by Gasteiger charge is -2.18. The Kier molecular flexibility index (Phi) is 5.94. The van der Waals surface area contributed by atoms with Gasteiger partial charge in [-0.3, -0.25) is 0 Å². The van der Waals surface area contributed by atoms with Crippen molar-refractivity contribution in [2.45, 2.75) is 45.4 Å². The Labute approximate surface area is 115 Å². The number of aliphatic hydroxyl groups excluding tert-OH is 1. The van der Waals surface area contributed by atoms with Gasteiger partial charge in [-0.05, 0) is 13.1 Å².